The Bertz CT molecular complexity index is 1380. The molecule has 5 heterocycles. The quantitative estimate of drug-likeness (QED) is 0.449. The first-order chi connectivity index (χ1) is 16.9. The number of hydrogen-bond acceptors (Lipinski definition) is 8. The van der Waals surface area contributed by atoms with E-state index in [1.54, 1.807) is 0 Å². The first kappa shape index (κ1) is 22.4. The third-order valence-electron chi connectivity index (χ3n) is 7.02. The number of anilines is 1. The van der Waals surface area contributed by atoms with Crippen molar-refractivity contribution < 1.29 is 9.84 Å². The molecule has 0 unspecified atom stereocenters. The number of hydrogen-bond donors (Lipinski definition) is 1. The summed E-state index contributed by atoms with van der Waals surface area (Å²) in [7, 11) is 2.03. The molecule has 0 saturated carbocycles. The lowest BCUT2D eigenvalue weighted by atomic mass is 9.97. The lowest BCUT2D eigenvalue weighted by Crippen LogP contribution is -2.60. The number of aliphatic hydroxyl groups is 1. The molecule has 1 N–H and O–H groups in total. The predicted molar refractivity (Wildman–Crippen MR) is 134 cm³/mol. The monoisotopic (exact) mass is 476 g/mol. The fraction of sp³-hybridized carbons (Fsp3) is 0.520. The maximum Gasteiger partial charge on any atom is 0.239 e. The van der Waals surface area contributed by atoms with Crippen LogP contribution in [0.3, 0.4) is 0 Å². The van der Waals surface area contributed by atoms with Gasteiger partial charge in [-0.1, -0.05) is 19.1 Å². The van der Waals surface area contributed by atoms with Crippen molar-refractivity contribution in [1.29, 1.82) is 0 Å². The number of β-amino-alcohol motifs (C(OH)–C–C–N with tert-alkyl or cyclic N) is 1. The van der Waals surface area contributed by atoms with E-state index in [-0.39, 0.29) is 0 Å². The Hall–Kier alpha value is -3.08. The highest BCUT2D eigenvalue weighted by molar-refractivity contribution is 5.86. The summed E-state index contributed by atoms with van der Waals surface area (Å²) < 4.78 is 9.77. The SMILES string of the molecule is CCc1nc2ccccc2n1-c1nc(N2CCOCC2)c2nc(CCN3CC(C)(O)C3)n(C)c2n1. The van der Waals surface area contributed by atoms with Crippen LogP contribution in [0.1, 0.15) is 25.5 Å². The zero-order valence-corrected chi connectivity index (χ0v) is 20.6. The van der Waals surface area contributed by atoms with E-state index < -0.39 is 5.60 Å². The summed E-state index contributed by atoms with van der Waals surface area (Å²) in [5.41, 5.74) is 3.02. The zero-order valence-electron chi connectivity index (χ0n) is 20.6. The maximum atomic E-state index is 10.1. The van der Waals surface area contributed by atoms with E-state index in [0.717, 1.165) is 72.1 Å². The molecule has 2 aliphatic rings. The van der Waals surface area contributed by atoms with Crippen LogP contribution in [-0.4, -0.2) is 90.6 Å². The van der Waals surface area contributed by atoms with Crippen LogP contribution >= 0.6 is 0 Å². The summed E-state index contributed by atoms with van der Waals surface area (Å²) >= 11 is 0. The van der Waals surface area contributed by atoms with Crippen LogP contribution in [0.25, 0.3) is 28.1 Å². The van der Waals surface area contributed by atoms with E-state index in [1.807, 2.05) is 32.2 Å². The molecular formula is C25H32N8O2. The fourth-order valence-electron chi connectivity index (χ4n) is 5.27. The Morgan fingerprint density at radius 1 is 1.03 bits per heavy atom. The molecule has 0 aliphatic carbocycles. The number of aryl methyl sites for hydroxylation is 2. The number of nitrogens with zero attached hydrogens (tertiary/aromatic N) is 8. The van der Waals surface area contributed by atoms with E-state index in [9.17, 15) is 5.11 Å². The molecule has 2 saturated heterocycles. The lowest BCUT2D eigenvalue weighted by molar-refractivity contribution is -0.0826. The Morgan fingerprint density at radius 2 is 1.80 bits per heavy atom. The van der Waals surface area contributed by atoms with Crippen molar-refractivity contribution >= 4 is 28.0 Å². The largest absolute Gasteiger partial charge is 0.388 e. The molecule has 3 aromatic heterocycles. The van der Waals surface area contributed by atoms with Gasteiger partial charge in [-0.15, -0.1) is 0 Å². The van der Waals surface area contributed by atoms with Gasteiger partial charge in [0.05, 0.1) is 29.8 Å². The summed E-state index contributed by atoms with van der Waals surface area (Å²) in [4.78, 5) is 24.5. The van der Waals surface area contributed by atoms with Crippen molar-refractivity contribution in [2.45, 2.75) is 32.3 Å². The van der Waals surface area contributed by atoms with Crippen LogP contribution in [0, 0.1) is 0 Å². The van der Waals surface area contributed by atoms with Gasteiger partial charge in [-0.25, -0.2) is 9.97 Å². The molecule has 10 heteroatoms. The number of likely N-dealkylation sites (tertiary alicyclic amines) is 1. The van der Waals surface area contributed by atoms with Crippen molar-refractivity contribution in [2.75, 3.05) is 50.8 Å². The van der Waals surface area contributed by atoms with Crippen molar-refractivity contribution in [2.24, 2.45) is 7.05 Å². The molecule has 2 aliphatic heterocycles. The van der Waals surface area contributed by atoms with Gasteiger partial charge in [0, 0.05) is 52.6 Å². The molecule has 0 bridgehead atoms. The van der Waals surface area contributed by atoms with Crippen molar-refractivity contribution in [3.8, 4) is 5.95 Å². The second kappa shape index (κ2) is 8.54. The molecular weight excluding hydrogens is 444 g/mol. The Morgan fingerprint density at radius 3 is 2.54 bits per heavy atom. The highest BCUT2D eigenvalue weighted by Crippen LogP contribution is 2.29. The van der Waals surface area contributed by atoms with Crippen LogP contribution in [0.2, 0.25) is 0 Å². The highest BCUT2D eigenvalue weighted by Gasteiger charge is 2.36. The van der Waals surface area contributed by atoms with E-state index in [1.165, 1.54) is 0 Å². The van der Waals surface area contributed by atoms with Crippen molar-refractivity contribution in [3.05, 3.63) is 35.9 Å². The average Bonchev–Trinajstić information content (AvgIpc) is 3.38. The average molecular weight is 477 g/mol. The van der Waals surface area contributed by atoms with E-state index >= 15 is 0 Å². The molecule has 0 radical (unpaired) electrons. The van der Waals surface area contributed by atoms with Gasteiger partial charge in [-0.2, -0.15) is 9.97 Å². The number of aromatic nitrogens is 6. The minimum atomic E-state index is -0.569. The number of ether oxygens (including phenoxy) is 1. The summed E-state index contributed by atoms with van der Waals surface area (Å²) in [5.74, 6) is 3.38. The third-order valence-corrected chi connectivity index (χ3v) is 7.02. The summed E-state index contributed by atoms with van der Waals surface area (Å²) in [6, 6.07) is 8.13. The van der Waals surface area contributed by atoms with Gasteiger partial charge in [-0.3, -0.25) is 9.47 Å². The van der Waals surface area contributed by atoms with Crippen LogP contribution in [0.5, 0.6) is 0 Å². The number of imidazole rings is 2. The van der Waals surface area contributed by atoms with Gasteiger partial charge in [-0.05, 0) is 19.1 Å². The topological polar surface area (TPSA) is 97.4 Å². The molecule has 184 valence electrons. The van der Waals surface area contributed by atoms with E-state index in [4.69, 9.17) is 24.7 Å². The summed E-state index contributed by atoms with van der Waals surface area (Å²) in [6.45, 7) is 9.13. The van der Waals surface area contributed by atoms with Gasteiger partial charge in [0.15, 0.2) is 17.0 Å². The zero-order chi connectivity index (χ0) is 24.2. The normalized spacial score (nSPS) is 18.5. The van der Waals surface area contributed by atoms with Gasteiger partial charge < -0.3 is 19.3 Å². The van der Waals surface area contributed by atoms with Crippen LogP contribution < -0.4 is 4.90 Å². The number of fused-ring (bicyclic) bond motifs is 2. The summed E-state index contributed by atoms with van der Waals surface area (Å²) in [5, 5.41) is 10.1. The molecule has 10 nitrogen and oxygen atoms in total. The van der Waals surface area contributed by atoms with Gasteiger partial charge >= 0.3 is 0 Å². The Balaban J connectivity index is 1.46. The van der Waals surface area contributed by atoms with Crippen molar-refractivity contribution in [1.82, 2.24) is 34.0 Å². The smallest absolute Gasteiger partial charge is 0.239 e. The minimum absolute atomic E-state index is 0.569. The Labute approximate surface area is 204 Å². The van der Waals surface area contributed by atoms with Crippen LogP contribution in [0.4, 0.5) is 5.82 Å². The lowest BCUT2D eigenvalue weighted by Gasteiger charge is -2.44. The molecule has 1 aromatic carbocycles. The standard InChI is InChI=1S/C25H32N8O2/c1-4-19-26-17-7-5-6-8-18(17)33(19)24-28-22-21(23(29-24)32-11-13-35-14-12-32)27-20(30(22)3)9-10-31-15-25(2,34)16-31/h5-8,34H,4,9-16H2,1-3H3. The molecule has 2 fully saturated rings. The number of morpholine rings is 1. The third kappa shape index (κ3) is 3.95. The first-order valence-electron chi connectivity index (χ1n) is 12.4. The van der Waals surface area contributed by atoms with Crippen molar-refractivity contribution in [3.63, 3.8) is 0 Å². The van der Waals surface area contributed by atoms with E-state index in [2.05, 4.69) is 31.9 Å². The van der Waals surface area contributed by atoms with Gasteiger partial charge in [0.2, 0.25) is 5.95 Å². The molecule has 6 rings (SSSR count). The summed E-state index contributed by atoms with van der Waals surface area (Å²) in [6.07, 6.45) is 1.56. The molecule has 0 spiro atoms. The van der Waals surface area contributed by atoms with Crippen LogP contribution in [0.15, 0.2) is 24.3 Å². The minimum Gasteiger partial charge on any atom is -0.388 e. The molecule has 0 atom stereocenters. The van der Waals surface area contributed by atoms with Gasteiger partial charge in [0.1, 0.15) is 11.6 Å². The number of benzene rings is 1. The predicted octanol–water partition coefficient (Wildman–Crippen LogP) is 1.71. The number of para-hydroxylation sites is 2. The molecule has 35 heavy (non-hydrogen) atoms. The second-order valence-electron chi connectivity index (χ2n) is 9.87. The Kier molecular flexibility index (Phi) is 5.46. The first-order valence-corrected chi connectivity index (χ1v) is 12.4. The molecule has 4 aromatic rings. The second-order valence-corrected chi connectivity index (χ2v) is 9.87. The fourth-order valence-corrected chi connectivity index (χ4v) is 5.27. The maximum absolute atomic E-state index is 10.1. The van der Waals surface area contributed by atoms with E-state index in [0.29, 0.717) is 32.3 Å². The number of rotatable bonds is 6. The highest BCUT2D eigenvalue weighted by atomic mass is 16.5. The van der Waals surface area contributed by atoms with Crippen LogP contribution in [-0.2, 0) is 24.6 Å². The molecule has 0 amide bonds. The van der Waals surface area contributed by atoms with Gasteiger partial charge in [0.25, 0.3) is 0 Å².